The van der Waals surface area contributed by atoms with Crippen molar-refractivity contribution in [1.82, 2.24) is 19.9 Å². The normalized spacial score (nSPS) is 17.2. The van der Waals surface area contributed by atoms with Crippen molar-refractivity contribution in [2.45, 2.75) is 32.4 Å². The Bertz CT molecular complexity index is 1430. The number of hydrogen-bond donors (Lipinski definition) is 2. The molecule has 2 N–H and O–H groups in total. The Morgan fingerprint density at radius 3 is 2.79 bits per heavy atom. The smallest absolute Gasteiger partial charge is 0.192 e. The molecule has 4 heterocycles. The number of aromatic amines is 1. The zero-order chi connectivity index (χ0) is 22.4. The molecule has 2 aromatic carbocycles. The Morgan fingerprint density at radius 1 is 1.09 bits per heavy atom. The number of aryl methyl sites for hydroxylation is 1. The third kappa shape index (κ3) is 3.92. The molecule has 6 heteroatoms. The number of pyridine rings is 1. The van der Waals surface area contributed by atoms with Crippen molar-refractivity contribution in [3.8, 4) is 22.3 Å². The number of piperidine rings is 1. The highest BCUT2D eigenvalue weighted by atomic mass is 16.3. The number of fused-ring (bicyclic) bond motifs is 2. The van der Waals surface area contributed by atoms with Crippen molar-refractivity contribution in [2.75, 3.05) is 13.1 Å². The second-order valence-corrected chi connectivity index (χ2v) is 8.97. The molecule has 0 radical (unpaired) electrons. The molecule has 6 nitrogen and oxygen atoms in total. The van der Waals surface area contributed by atoms with Crippen molar-refractivity contribution < 1.29 is 9.52 Å². The third-order valence-corrected chi connectivity index (χ3v) is 6.51. The Kier molecular flexibility index (Phi) is 4.97. The Hall–Kier alpha value is -3.48. The van der Waals surface area contributed by atoms with Gasteiger partial charge in [-0.2, -0.15) is 0 Å². The predicted octanol–water partition coefficient (Wildman–Crippen LogP) is 5.30. The first-order valence-electron chi connectivity index (χ1n) is 11.5. The van der Waals surface area contributed by atoms with E-state index in [1.54, 1.807) is 0 Å². The van der Waals surface area contributed by atoms with Crippen molar-refractivity contribution in [2.24, 2.45) is 0 Å². The first-order valence-corrected chi connectivity index (χ1v) is 11.5. The van der Waals surface area contributed by atoms with Gasteiger partial charge in [-0.25, -0.2) is 9.97 Å². The number of benzene rings is 2. The summed E-state index contributed by atoms with van der Waals surface area (Å²) < 4.78 is 5.62. The molecule has 1 saturated heterocycles. The number of aromatic nitrogens is 3. The summed E-state index contributed by atoms with van der Waals surface area (Å²) in [6, 6.07) is 17.0. The summed E-state index contributed by atoms with van der Waals surface area (Å²) in [6.07, 6.45) is 5.71. The van der Waals surface area contributed by atoms with E-state index in [0.717, 1.165) is 76.9 Å². The molecule has 0 bridgehead atoms. The van der Waals surface area contributed by atoms with Gasteiger partial charge in [-0.15, -0.1) is 0 Å². The fourth-order valence-corrected chi connectivity index (χ4v) is 4.85. The molecule has 0 amide bonds. The number of nitrogens with one attached hydrogen (secondary N) is 1. The number of rotatable bonds is 4. The van der Waals surface area contributed by atoms with E-state index in [1.165, 1.54) is 5.56 Å². The van der Waals surface area contributed by atoms with Gasteiger partial charge in [0.1, 0.15) is 11.2 Å². The molecule has 1 aliphatic rings. The quantitative estimate of drug-likeness (QED) is 0.398. The number of hydrogen-bond acceptors (Lipinski definition) is 5. The molecule has 166 valence electrons. The maximum atomic E-state index is 9.92. The van der Waals surface area contributed by atoms with Crippen molar-refractivity contribution in [3.63, 3.8) is 0 Å². The molecule has 33 heavy (non-hydrogen) atoms. The van der Waals surface area contributed by atoms with Crippen LogP contribution >= 0.6 is 0 Å². The fraction of sp³-hybridized carbons (Fsp3) is 0.259. The highest BCUT2D eigenvalue weighted by molar-refractivity contribution is 5.97. The average Bonchev–Trinajstić information content (AvgIpc) is 3.41. The lowest BCUT2D eigenvalue weighted by molar-refractivity contribution is 0.0668. The van der Waals surface area contributed by atoms with Gasteiger partial charge in [0.2, 0.25) is 0 Å². The van der Waals surface area contributed by atoms with E-state index >= 15 is 0 Å². The summed E-state index contributed by atoms with van der Waals surface area (Å²) in [7, 11) is 0. The van der Waals surface area contributed by atoms with Gasteiger partial charge in [0.15, 0.2) is 11.5 Å². The second kappa shape index (κ2) is 8.14. The average molecular weight is 439 g/mol. The fourth-order valence-electron chi connectivity index (χ4n) is 4.85. The molecule has 0 aliphatic carbocycles. The molecule has 5 aromatic rings. The zero-order valence-corrected chi connectivity index (χ0v) is 18.6. The van der Waals surface area contributed by atoms with E-state index in [1.807, 2.05) is 25.4 Å². The lowest BCUT2D eigenvalue weighted by atomic mass is 10.0. The largest absolute Gasteiger partial charge is 0.441 e. The van der Waals surface area contributed by atoms with Gasteiger partial charge in [-0.3, -0.25) is 4.90 Å². The van der Waals surface area contributed by atoms with E-state index in [4.69, 9.17) is 4.42 Å². The molecule has 0 saturated carbocycles. The first kappa shape index (κ1) is 20.1. The van der Waals surface area contributed by atoms with E-state index in [2.05, 4.69) is 62.3 Å². The van der Waals surface area contributed by atoms with Crippen LogP contribution in [0, 0.1) is 6.92 Å². The number of aliphatic hydroxyl groups is 1. The number of β-amino-alcohol motifs (C(OH)–C–C–N with tert-alkyl or cyclic N) is 1. The summed E-state index contributed by atoms with van der Waals surface area (Å²) in [5, 5.41) is 11.0. The van der Waals surface area contributed by atoms with Crippen LogP contribution in [0.15, 0.2) is 65.3 Å². The number of aliphatic hydroxyl groups excluding tert-OH is 1. The third-order valence-electron chi connectivity index (χ3n) is 6.51. The Balaban J connectivity index is 1.29. The molecule has 1 unspecified atom stereocenters. The van der Waals surface area contributed by atoms with Crippen LogP contribution in [-0.2, 0) is 6.54 Å². The van der Waals surface area contributed by atoms with Crippen molar-refractivity contribution in [3.05, 3.63) is 72.4 Å². The monoisotopic (exact) mass is 438 g/mol. The summed E-state index contributed by atoms with van der Waals surface area (Å²) in [5.41, 5.74) is 8.20. The van der Waals surface area contributed by atoms with Gasteiger partial charge in [-0.1, -0.05) is 30.3 Å². The van der Waals surface area contributed by atoms with E-state index in [9.17, 15) is 5.11 Å². The van der Waals surface area contributed by atoms with Crippen LogP contribution in [0.5, 0.6) is 0 Å². The summed E-state index contributed by atoms with van der Waals surface area (Å²) in [4.78, 5) is 14.8. The highest BCUT2D eigenvalue weighted by Gasteiger charge is 2.17. The number of likely N-dealkylation sites (tertiary alicyclic amines) is 1. The molecule has 6 rings (SSSR count). The van der Waals surface area contributed by atoms with E-state index in [0.29, 0.717) is 5.89 Å². The standard InChI is InChI=1S/C27H26N4O2/c1-17-30-25-12-20(8-9-26(25)33-17)24-14-29-27-23(24)11-21(13-28-27)19-6-4-18(5-7-19)15-31-10-2-3-22(32)16-31/h4-9,11-14,22,32H,2-3,10,15-16H2,1H3,(H,28,29). The first-order chi connectivity index (χ1) is 16.1. The van der Waals surface area contributed by atoms with Gasteiger partial charge >= 0.3 is 0 Å². The van der Waals surface area contributed by atoms with Crippen LogP contribution in [0.3, 0.4) is 0 Å². The van der Waals surface area contributed by atoms with Crippen molar-refractivity contribution in [1.29, 1.82) is 0 Å². The van der Waals surface area contributed by atoms with Gasteiger partial charge < -0.3 is 14.5 Å². The van der Waals surface area contributed by atoms with Crippen LogP contribution in [0.25, 0.3) is 44.4 Å². The van der Waals surface area contributed by atoms with Gasteiger partial charge in [0.25, 0.3) is 0 Å². The lowest BCUT2D eigenvalue weighted by Gasteiger charge is -2.29. The second-order valence-electron chi connectivity index (χ2n) is 8.97. The zero-order valence-electron chi connectivity index (χ0n) is 18.6. The number of H-pyrrole nitrogens is 1. The summed E-state index contributed by atoms with van der Waals surface area (Å²) >= 11 is 0. The van der Waals surface area contributed by atoms with Gasteiger partial charge in [0.05, 0.1) is 6.10 Å². The molecule has 0 spiro atoms. The molecular weight excluding hydrogens is 412 g/mol. The maximum absolute atomic E-state index is 9.92. The number of nitrogens with zero attached hydrogens (tertiary/aromatic N) is 3. The Labute approximate surface area is 191 Å². The maximum Gasteiger partial charge on any atom is 0.192 e. The predicted molar refractivity (Wildman–Crippen MR) is 130 cm³/mol. The van der Waals surface area contributed by atoms with Crippen molar-refractivity contribution >= 4 is 22.1 Å². The molecule has 3 aromatic heterocycles. The number of oxazole rings is 1. The van der Waals surface area contributed by atoms with Gasteiger partial charge in [0, 0.05) is 48.9 Å². The van der Waals surface area contributed by atoms with Crippen LogP contribution < -0.4 is 0 Å². The lowest BCUT2D eigenvalue weighted by Crippen LogP contribution is -2.37. The van der Waals surface area contributed by atoms with Crippen LogP contribution in [0.1, 0.15) is 24.3 Å². The summed E-state index contributed by atoms with van der Waals surface area (Å²) in [6.45, 7) is 4.55. The van der Waals surface area contributed by atoms with Crippen LogP contribution in [-0.4, -0.2) is 44.2 Å². The van der Waals surface area contributed by atoms with Crippen LogP contribution in [0.4, 0.5) is 0 Å². The Morgan fingerprint density at radius 2 is 1.94 bits per heavy atom. The molecule has 1 fully saturated rings. The SMILES string of the molecule is Cc1nc2cc(-c3c[nH]c4ncc(-c5ccc(CN6CCCC(O)C6)cc5)cc34)ccc2o1. The molecular formula is C27H26N4O2. The van der Waals surface area contributed by atoms with Crippen LogP contribution in [0.2, 0.25) is 0 Å². The topological polar surface area (TPSA) is 78.2 Å². The minimum Gasteiger partial charge on any atom is -0.441 e. The molecule has 1 atom stereocenters. The van der Waals surface area contributed by atoms with E-state index < -0.39 is 0 Å². The van der Waals surface area contributed by atoms with Gasteiger partial charge in [-0.05, 0) is 54.3 Å². The highest BCUT2D eigenvalue weighted by Crippen LogP contribution is 2.33. The minimum absolute atomic E-state index is 0.194. The minimum atomic E-state index is -0.194. The molecule has 1 aliphatic heterocycles. The van der Waals surface area contributed by atoms with E-state index in [-0.39, 0.29) is 6.10 Å². The summed E-state index contributed by atoms with van der Waals surface area (Å²) in [5.74, 6) is 0.671.